The Morgan fingerprint density at radius 3 is 2.27 bits per heavy atom. The number of nitrogens with one attached hydrogen (secondary N) is 1. The molecule has 0 aliphatic heterocycles. The molecule has 0 saturated heterocycles. The van der Waals surface area contributed by atoms with Gasteiger partial charge in [0.1, 0.15) is 11.3 Å². The van der Waals surface area contributed by atoms with Crippen molar-refractivity contribution in [2.75, 3.05) is 10.4 Å². The van der Waals surface area contributed by atoms with Crippen molar-refractivity contribution in [2.45, 2.75) is 59.2 Å². The molecular formula is C30H32ClN5O5. The number of hydroxylamine groups is 1. The molecule has 0 aliphatic rings. The van der Waals surface area contributed by atoms with E-state index in [1.807, 2.05) is 30.3 Å². The normalized spacial score (nSPS) is 11.7. The quantitative estimate of drug-likeness (QED) is 0.231. The summed E-state index contributed by atoms with van der Waals surface area (Å²) < 4.78 is 11.2. The maximum atomic E-state index is 13.1. The number of benzene rings is 2. The van der Waals surface area contributed by atoms with E-state index in [-0.39, 0.29) is 24.2 Å². The van der Waals surface area contributed by atoms with E-state index in [0.717, 1.165) is 10.6 Å². The second kappa shape index (κ2) is 12.1. The third-order valence-electron chi connectivity index (χ3n) is 5.28. The molecule has 0 radical (unpaired) electrons. The van der Waals surface area contributed by atoms with Crippen LogP contribution >= 0.6 is 11.6 Å². The van der Waals surface area contributed by atoms with Crippen molar-refractivity contribution in [3.05, 3.63) is 77.4 Å². The van der Waals surface area contributed by atoms with Crippen molar-refractivity contribution in [3.63, 3.8) is 0 Å². The first-order chi connectivity index (χ1) is 19.3. The lowest BCUT2D eigenvalue weighted by molar-refractivity contribution is -0.115. The summed E-state index contributed by atoms with van der Waals surface area (Å²) in [5.41, 5.74) is 1.05. The second-order valence-electron chi connectivity index (χ2n) is 11.2. The molecule has 1 N–H and O–H groups in total. The van der Waals surface area contributed by atoms with E-state index in [0.29, 0.717) is 27.5 Å². The zero-order valence-corrected chi connectivity index (χ0v) is 24.5. The zero-order chi connectivity index (χ0) is 29.8. The molecule has 4 rings (SSSR count). The molecule has 214 valence electrons. The predicted octanol–water partition coefficient (Wildman–Crippen LogP) is 7.10. The maximum Gasteiger partial charge on any atom is 0.442 e. The van der Waals surface area contributed by atoms with Gasteiger partial charge in [-0.3, -0.25) is 14.9 Å². The number of amides is 2. The van der Waals surface area contributed by atoms with E-state index in [9.17, 15) is 9.59 Å². The minimum Gasteiger partial charge on any atom is -0.442 e. The van der Waals surface area contributed by atoms with Crippen LogP contribution in [0, 0.1) is 0 Å². The average molecular weight is 578 g/mol. The Bertz CT molecular complexity index is 1510. The van der Waals surface area contributed by atoms with E-state index in [1.54, 1.807) is 71.9 Å². The van der Waals surface area contributed by atoms with Gasteiger partial charge in [-0.05, 0) is 65.3 Å². The van der Waals surface area contributed by atoms with Crippen LogP contribution in [0.25, 0.3) is 22.5 Å². The molecule has 0 fully saturated rings. The van der Waals surface area contributed by atoms with Gasteiger partial charge in [0.05, 0.1) is 23.3 Å². The van der Waals surface area contributed by atoms with Crippen LogP contribution in [-0.4, -0.2) is 38.3 Å². The fourth-order valence-electron chi connectivity index (χ4n) is 3.69. The topological polar surface area (TPSA) is 120 Å². The number of anilines is 2. The molecule has 2 amide bonds. The Morgan fingerprint density at radius 1 is 0.951 bits per heavy atom. The van der Waals surface area contributed by atoms with Crippen molar-refractivity contribution in [2.24, 2.45) is 0 Å². The first-order valence-electron chi connectivity index (χ1n) is 12.9. The fourth-order valence-corrected chi connectivity index (χ4v) is 3.82. The minimum atomic E-state index is -0.791. The van der Waals surface area contributed by atoms with Gasteiger partial charge in [0.25, 0.3) is 5.95 Å². The second-order valence-corrected chi connectivity index (χ2v) is 11.6. The van der Waals surface area contributed by atoms with Crippen LogP contribution in [0.3, 0.4) is 0 Å². The van der Waals surface area contributed by atoms with Crippen LogP contribution in [0.1, 0.15) is 47.1 Å². The van der Waals surface area contributed by atoms with Gasteiger partial charge >= 0.3 is 6.09 Å². The van der Waals surface area contributed by atoms with Crippen molar-refractivity contribution >= 4 is 35.4 Å². The van der Waals surface area contributed by atoms with Crippen LogP contribution in [0.2, 0.25) is 5.02 Å². The summed E-state index contributed by atoms with van der Waals surface area (Å²) in [4.78, 5) is 40.9. The average Bonchev–Trinajstić information content (AvgIpc) is 3.30. The largest absolute Gasteiger partial charge is 0.442 e. The summed E-state index contributed by atoms with van der Waals surface area (Å²) in [6.07, 6.45) is 0.803. The fraction of sp³-hybridized carbons (Fsp3) is 0.300. The molecule has 2 aromatic heterocycles. The lowest BCUT2D eigenvalue weighted by atomic mass is 10.0. The molecule has 0 unspecified atom stereocenters. The SMILES string of the molecule is CC(C)(C)OC(=O)N(OC(C)(C)C)c1nccc(-c2c(-c3ccc(Cl)cc3)noc2NC(=O)Cc2ccccc2)n1. The van der Waals surface area contributed by atoms with E-state index >= 15 is 0 Å². The summed E-state index contributed by atoms with van der Waals surface area (Å²) >= 11 is 6.11. The van der Waals surface area contributed by atoms with Crippen LogP contribution in [0.4, 0.5) is 16.6 Å². The highest BCUT2D eigenvalue weighted by Gasteiger charge is 2.31. The molecule has 11 heteroatoms. The summed E-state index contributed by atoms with van der Waals surface area (Å²) in [7, 11) is 0. The zero-order valence-electron chi connectivity index (χ0n) is 23.8. The third kappa shape index (κ3) is 8.12. The number of ether oxygens (including phenoxy) is 1. The molecule has 0 bridgehead atoms. The number of carbonyl (C=O) groups excluding carboxylic acids is 2. The van der Waals surface area contributed by atoms with Crippen molar-refractivity contribution in [1.29, 1.82) is 0 Å². The number of hydrogen-bond donors (Lipinski definition) is 1. The van der Waals surface area contributed by atoms with E-state index < -0.39 is 17.3 Å². The Balaban J connectivity index is 1.77. The number of nitrogens with zero attached hydrogens (tertiary/aromatic N) is 4. The van der Waals surface area contributed by atoms with Crippen molar-refractivity contribution in [1.82, 2.24) is 15.1 Å². The molecule has 4 aromatic rings. The minimum absolute atomic E-state index is 0.0727. The summed E-state index contributed by atoms with van der Waals surface area (Å²) in [6.45, 7) is 10.6. The van der Waals surface area contributed by atoms with E-state index in [4.69, 9.17) is 25.7 Å². The standard InChI is InChI=1S/C30H32ClN5O5/c1-29(2,3)39-28(38)36(41-30(4,5)6)27-32-17-16-22(33-27)24-25(20-12-14-21(31)15-13-20)35-40-26(24)34-23(37)18-19-10-8-7-9-11-19/h7-17H,18H2,1-6H3,(H,34,37). The number of rotatable bonds is 7. The molecule has 0 atom stereocenters. The Morgan fingerprint density at radius 2 is 1.63 bits per heavy atom. The highest BCUT2D eigenvalue weighted by Crippen LogP contribution is 2.38. The van der Waals surface area contributed by atoms with Crippen LogP contribution in [0.15, 0.2) is 71.4 Å². The van der Waals surface area contributed by atoms with Gasteiger partial charge in [0.2, 0.25) is 11.8 Å². The Kier molecular flexibility index (Phi) is 8.74. The van der Waals surface area contributed by atoms with Crippen molar-refractivity contribution < 1.29 is 23.7 Å². The summed E-state index contributed by atoms with van der Waals surface area (Å²) in [5, 5.41) is 8.51. The molecule has 41 heavy (non-hydrogen) atoms. The highest BCUT2D eigenvalue weighted by molar-refractivity contribution is 6.30. The monoisotopic (exact) mass is 577 g/mol. The Labute approximate surface area is 243 Å². The first-order valence-corrected chi connectivity index (χ1v) is 13.3. The van der Waals surface area contributed by atoms with Gasteiger partial charge in [0.15, 0.2) is 0 Å². The first kappa shape index (κ1) is 29.7. The molecule has 10 nitrogen and oxygen atoms in total. The molecule has 0 aliphatic carbocycles. The lowest BCUT2D eigenvalue weighted by Gasteiger charge is -2.30. The van der Waals surface area contributed by atoms with Gasteiger partial charge in [-0.2, -0.15) is 0 Å². The van der Waals surface area contributed by atoms with Crippen LogP contribution in [-0.2, 0) is 20.8 Å². The van der Waals surface area contributed by atoms with Crippen LogP contribution in [0.5, 0.6) is 0 Å². The number of hydrogen-bond acceptors (Lipinski definition) is 8. The van der Waals surface area contributed by atoms with Gasteiger partial charge in [-0.1, -0.05) is 59.2 Å². The molecule has 2 aromatic carbocycles. The summed E-state index contributed by atoms with van der Waals surface area (Å²) in [6, 6.07) is 17.9. The highest BCUT2D eigenvalue weighted by atomic mass is 35.5. The summed E-state index contributed by atoms with van der Waals surface area (Å²) in [5.74, 6) is -0.297. The van der Waals surface area contributed by atoms with Crippen LogP contribution < -0.4 is 10.4 Å². The molecular weight excluding hydrogens is 546 g/mol. The predicted molar refractivity (Wildman–Crippen MR) is 156 cm³/mol. The van der Waals surface area contributed by atoms with Gasteiger partial charge in [0, 0.05) is 16.8 Å². The molecule has 2 heterocycles. The number of carbonyl (C=O) groups is 2. The number of halogens is 1. The smallest absolute Gasteiger partial charge is 0.442 e. The number of aromatic nitrogens is 3. The van der Waals surface area contributed by atoms with Crippen molar-refractivity contribution in [3.8, 4) is 22.5 Å². The van der Waals surface area contributed by atoms with E-state index in [1.165, 1.54) is 6.20 Å². The lowest BCUT2D eigenvalue weighted by Crippen LogP contribution is -2.42. The Hall–Kier alpha value is -4.28. The maximum absolute atomic E-state index is 13.1. The molecule has 0 spiro atoms. The van der Waals surface area contributed by atoms with Gasteiger partial charge in [-0.25, -0.2) is 14.8 Å². The molecule has 0 saturated carbocycles. The third-order valence-corrected chi connectivity index (χ3v) is 5.53. The van der Waals surface area contributed by atoms with E-state index in [2.05, 4.69) is 20.4 Å². The van der Waals surface area contributed by atoms with Gasteiger partial charge in [-0.15, -0.1) is 5.06 Å². The van der Waals surface area contributed by atoms with Gasteiger partial charge < -0.3 is 9.26 Å².